The number of nitrogens with one attached hydrogen (secondary N) is 1. The zero-order valence-corrected chi connectivity index (χ0v) is 10.1. The molecule has 0 bridgehead atoms. The van der Waals surface area contributed by atoms with Crippen molar-refractivity contribution in [2.75, 3.05) is 31.3 Å². The molecule has 0 atom stereocenters. The Hall–Kier alpha value is -1.07. The van der Waals surface area contributed by atoms with Gasteiger partial charge in [0, 0.05) is 19.6 Å². The van der Waals surface area contributed by atoms with Crippen molar-refractivity contribution >= 4 is 27.8 Å². The lowest BCUT2D eigenvalue weighted by Crippen LogP contribution is -2.06. The predicted molar refractivity (Wildman–Crippen MR) is 66.2 cm³/mol. The van der Waals surface area contributed by atoms with Crippen molar-refractivity contribution in [1.29, 1.82) is 0 Å². The van der Waals surface area contributed by atoms with Gasteiger partial charge in [0.2, 0.25) is 0 Å². The normalized spacial score (nSPS) is 15.1. The average Bonchev–Trinajstić information content (AvgIpc) is 3.03. The highest BCUT2D eigenvalue weighted by atomic mass is 32.1. The van der Waals surface area contributed by atoms with Crippen molar-refractivity contribution in [2.24, 2.45) is 5.92 Å². The van der Waals surface area contributed by atoms with Crippen molar-refractivity contribution in [3.63, 3.8) is 0 Å². The number of Topliss-reactive ketones (excluding diaryl/α,β-unsaturated/α-hetero) is 1. The first-order chi connectivity index (χ1) is 7.72. The molecule has 1 aliphatic rings. The number of ether oxygens (including phenoxy) is 1. The summed E-state index contributed by atoms with van der Waals surface area (Å²) >= 11 is 1.45. The lowest BCUT2D eigenvalue weighted by Gasteiger charge is -2.00. The molecule has 3 N–H and O–H groups in total. The van der Waals surface area contributed by atoms with Crippen molar-refractivity contribution in [2.45, 2.75) is 12.8 Å². The van der Waals surface area contributed by atoms with Gasteiger partial charge in [-0.15, -0.1) is 11.3 Å². The third-order valence-electron chi connectivity index (χ3n) is 2.54. The van der Waals surface area contributed by atoms with Crippen LogP contribution in [0, 0.1) is 5.92 Å². The van der Waals surface area contributed by atoms with Crippen LogP contribution in [0.25, 0.3) is 0 Å². The first-order valence-electron chi connectivity index (χ1n) is 5.38. The number of carbonyl (C=O) groups is 1. The molecule has 1 heterocycles. The highest BCUT2D eigenvalue weighted by Gasteiger charge is 2.32. The van der Waals surface area contributed by atoms with E-state index in [1.807, 2.05) is 6.07 Å². The van der Waals surface area contributed by atoms with E-state index < -0.39 is 0 Å². The molecular weight excluding hydrogens is 224 g/mol. The van der Waals surface area contributed by atoms with Gasteiger partial charge >= 0.3 is 0 Å². The van der Waals surface area contributed by atoms with Crippen LogP contribution in [0.3, 0.4) is 0 Å². The van der Waals surface area contributed by atoms with Gasteiger partial charge in [0.25, 0.3) is 0 Å². The third kappa shape index (κ3) is 2.54. The second-order valence-corrected chi connectivity index (χ2v) is 5.01. The highest BCUT2D eigenvalue weighted by molar-refractivity contribution is 7.18. The maximum Gasteiger partial charge on any atom is 0.178 e. The third-order valence-corrected chi connectivity index (χ3v) is 3.66. The number of nitrogen functional groups attached to an aromatic ring is 1. The molecule has 5 heteroatoms. The van der Waals surface area contributed by atoms with Crippen molar-refractivity contribution in [3.05, 3.63) is 10.9 Å². The number of ketones is 1. The zero-order valence-electron chi connectivity index (χ0n) is 9.29. The van der Waals surface area contributed by atoms with E-state index in [1.165, 1.54) is 11.3 Å². The summed E-state index contributed by atoms with van der Waals surface area (Å²) in [5.74, 6) is 0.440. The zero-order chi connectivity index (χ0) is 11.5. The lowest BCUT2D eigenvalue weighted by atomic mass is 10.2. The van der Waals surface area contributed by atoms with Crippen LogP contribution in [0.2, 0.25) is 0 Å². The summed E-state index contributed by atoms with van der Waals surface area (Å²) in [5, 5.41) is 4.13. The van der Waals surface area contributed by atoms with E-state index in [4.69, 9.17) is 10.5 Å². The maximum absolute atomic E-state index is 11.8. The number of rotatable bonds is 6. The van der Waals surface area contributed by atoms with Gasteiger partial charge in [-0.1, -0.05) is 0 Å². The van der Waals surface area contributed by atoms with Crippen LogP contribution < -0.4 is 11.1 Å². The molecule has 1 aromatic rings. The molecule has 16 heavy (non-hydrogen) atoms. The second kappa shape index (κ2) is 4.84. The number of anilines is 2. The monoisotopic (exact) mass is 240 g/mol. The fourth-order valence-corrected chi connectivity index (χ4v) is 2.52. The standard InChI is InChI=1S/C11H16N2O2S/c1-15-5-4-13-9-6-8(12)11(16-9)10(14)7-2-3-7/h6-7,13H,2-5,12H2,1H3. The van der Waals surface area contributed by atoms with Gasteiger partial charge in [0.1, 0.15) is 0 Å². The molecule has 0 unspecified atom stereocenters. The van der Waals surface area contributed by atoms with Gasteiger partial charge in [-0.05, 0) is 18.9 Å². The summed E-state index contributed by atoms with van der Waals surface area (Å²) in [6.45, 7) is 1.37. The molecule has 0 aliphatic heterocycles. The number of nitrogens with two attached hydrogens (primary N) is 1. The molecule has 0 saturated heterocycles. The van der Waals surface area contributed by atoms with Crippen LogP contribution in [0.1, 0.15) is 22.5 Å². The quantitative estimate of drug-likeness (QED) is 0.589. The summed E-state index contributed by atoms with van der Waals surface area (Å²) in [5.41, 5.74) is 6.43. The minimum atomic E-state index is 0.210. The molecule has 88 valence electrons. The SMILES string of the molecule is COCCNc1cc(N)c(C(=O)C2CC2)s1. The molecule has 1 fully saturated rings. The van der Waals surface area contributed by atoms with E-state index in [9.17, 15) is 4.79 Å². The topological polar surface area (TPSA) is 64.3 Å². The summed E-state index contributed by atoms with van der Waals surface area (Å²) < 4.78 is 4.94. The van der Waals surface area contributed by atoms with Gasteiger partial charge in [0.15, 0.2) is 5.78 Å². The largest absolute Gasteiger partial charge is 0.397 e. The lowest BCUT2D eigenvalue weighted by molar-refractivity contribution is 0.0972. The van der Waals surface area contributed by atoms with E-state index >= 15 is 0 Å². The Balaban J connectivity index is 2.00. The van der Waals surface area contributed by atoms with Crippen LogP contribution in [0.4, 0.5) is 10.7 Å². The molecule has 1 aliphatic carbocycles. The molecule has 0 aromatic carbocycles. The Morgan fingerprint density at radius 3 is 3.06 bits per heavy atom. The van der Waals surface area contributed by atoms with Gasteiger partial charge in [-0.25, -0.2) is 0 Å². The van der Waals surface area contributed by atoms with E-state index in [1.54, 1.807) is 7.11 Å². The number of carbonyl (C=O) groups excluding carboxylic acids is 1. The van der Waals surface area contributed by atoms with Crippen molar-refractivity contribution in [1.82, 2.24) is 0 Å². The summed E-state index contributed by atoms with van der Waals surface area (Å²) in [4.78, 5) is 12.6. The molecular formula is C11H16N2O2S. The highest BCUT2D eigenvalue weighted by Crippen LogP contribution is 2.38. The minimum Gasteiger partial charge on any atom is -0.397 e. The molecule has 0 spiro atoms. The van der Waals surface area contributed by atoms with E-state index in [0.29, 0.717) is 17.2 Å². The second-order valence-electron chi connectivity index (χ2n) is 3.95. The molecule has 0 radical (unpaired) electrons. The molecule has 4 nitrogen and oxygen atoms in total. The van der Waals surface area contributed by atoms with Crippen molar-refractivity contribution in [3.8, 4) is 0 Å². The van der Waals surface area contributed by atoms with Crippen LogP contribution in [0.15, 0.2) is 6.07 Å². The number of thiophene rings is 1. The predicted octanol–water partition coefficient (Wildman–Crippen LogP) is 1.98. The Kier molecular flexibility index (Phi) is 3.46. The Labute approximate surface area is 98.8 Å². The van der Waals surface area contributed by atoms with Crippen LogP contribution in [-0.2, 0) is 4.74 Å². The van der Waals surface area contributed by atoms with E-state index in [2.05, 4.69) is 5.32 Å². The Morgan fingerprint density at radius 1 is 1.69 bits per heavy atom. The molecule has 1 saturated carbocycles. The molecule has 1 aromatic heterocycles. The summed E-state index contributed by atoms with van der Waals surface area (Å²) in [6, 6.07) is 1.83. The summed E-state index contributed by atoms with van der Waals surface area (Å²) in [7, 11) is 1.66. The Morgan fingerprint density at radius 2 is 2.44 bits per heavy atom. The maximum atomic E-state index is 11.8. The molecule has 0 amide bonds. The molecule has 2 rings (SSSR count). The summed E-state index contributed by atoms with van der Waals surface area (Å²) in [6.07, 6.45) is 2.03. The minimum absolute atomic E-state index is 0.210. The van der Waals surface area contributed by atoms with Gasteiger partial charge in [0.05, 0.1) is 22.2 Å². The average molecular weight is 240 g/mol. The van der Waals surface area contributed by atoms with E-state index in [-0.39, 0.29) is 11.7 Å². The smallest absolute Gasteiger partial charge is 0.178 e. The first-order valence-corrected chi connectivity index (χ1v) is 6.20. The van der Waals surface area contributed by atoms with Gasteiger partial charge < -0.3 is 15.8 Å². The fourth-order valence-electron chi connectivity index (χ4n) is 1.49. The van der Waals surface area contributed by atoms with E-state index in [0.717, 1.165) is 24.4 Å². The number of hydrogen-bond acceptors (Lipinski definition) is 5. The van der Waals surface area contributed by atoms with Crippen LogP contribution in [0.5, 0.6) is 0 Å². The van der Waals surface area contributed by atoms with Crippen molar-refractivity contribution < 1.29 is 9.53 Å². The number of methoxy groups -OCH3 is 1. The van der Waals surface area contributed by atoms with Crippen LogP contribution >= 0.6 is 11.3 Å². The van der Waals surface area contributed by atoms with Crippen LogP contribution in [-0.4, -0.2) is 26.0 Å². The number of hydrogen-bond donors (Lipinski definition) is 2. The Bertz CT molecular complexity index is 385. The van der Waals surface area contributed by atoms with Gasteiger partial charge in [-0.3, -0.25) is 4.79 Å². The first kappa shape index (κ1) is 11.4. The fraction of sp³-hybridized carbons (Fsp3) is 0.545. The van der Waals surface area contributed by atoms with Gasteiger partial charge in [-0.2, -0.15) is 0 Å².